The molecule has 4 rings (SSSR count). The maximum Gasteiger partial charge on any atom is 0.123 e. The molecule has 0 spiro atoms. The molecule has 3 heterocycles. The van der Waals surface area contributed by atoms with Crippen molar-refractivity contribution >= 4 is 0 Å². The number of pyridine rings is 1. The van der Waals surface area contributed by atoms with Gasteiger partial charge in [-0.15, -0.1) is 0 Å². The van der Waals surface area contributed by atoms with Gasteiger partial charge in [0.1, 0.15) is 12.0 Å². The molecule has 1 atom stereocenters. The second-order valence-corrected chi connectivity index (χ2v) is 6.97. The molecule has 3 aromatic rings. The van der Waals surface area contributed by atoms with Gasteiger partial charge in [0.15, 0.2) is 0 Å². The second kappa shape index (κ2) is 7.58. The topological polar surface area (TPSA) is 37.2 Å². The fourth-order valence-electron chi connectivity index (χ4n) is 3.76. The van der Waals surface area contributed by atoms with E-state index in [1.807, 2.05) is 30.5 Å². The molecule has 0 aliphatic carbocycles. The summed E-state index contributed by atoms with van der Waals surface area (Å²) in [5.74, 6) is -0.233. The summed E-state index contributed by atoms with van der Waals surface area (Å²) in [5, 5.41) is 4.78. The summed E-state index contributed by atoms with van der Waals surface area (Å²) < 4.78 is 15.6. The number of nitrogens with zero attached hydrogens (tertiary/aromatic N) is 5. The van der Waals surface area contributed by atoms with Crippen molar-refractivity contribution in [3.05, 3.63) is 60.8 Å². The van der Waals surface area contributed by atoms with Crippen LogP contribution in [0, 0.1) is 5.82 Å². The Bertz CT molecular complexity index is 891. The second-order valence-electron chi connectivity index (χ2n) is 6.97. The summed E-state index contributed by atoms with van der Waals surface area (Å²) >= 11 is 0. The molecule has 5 nitrogen and oxygen atoms in total. The molecule has 1 aliphatic rings. The van der Waals surface area contributed by atoms with Crippen molar-refractivity contribution in [2.45, 2.75) is 13.1 Å². The number of likely N-dealkylation sites (N-methyl/N-ethyl adjacent to an activating group) is 2. The zero-order valence-corrected chi connectivity index (χ0v) is 15.7. The molecule has 2 aromatic heterocycles. The van der Waals surface area contributed by atoms with E-state index in [1.54, 1.807) is 12.4 Å². The fourth-order valence-corrected chi connectivity index (χ4v) is 3.76. The zero-order valence-electron chi connectivity index (χ0n) is 15.7. The Kier molecular flexibility index (Phi) is 5.01. The highest BCUT2D eigenvalue weighted by Gasteiger charge is 2.29. The van der Waals surface area contributed by atoms with E-state index in [1.165, 1.54) is 12.1 Å². The molecule has 1 aliphatic heterocycles. The van der Waals surface area contributed by atoms with Gasteiger partial charge in [-0.2, -0.15) is 5.10 Å². The van der Waals surface area contributed by atoms with Crippen LogP contribution in [0.1, 0.15) is 13.1 Å². The molecule has 1 aromatic carbocycles. The fraction of sp³-hybridized carbons (Fsp3) is 0.333. The minimum absolute atomic E-state index is 0.143. The average molecular weight is 365 g/mol. The Morgan fingerprint density at radius 3 is 2.48 bits per heavy atom. The maximum atomic E-state index is 13.5. The Labute approximate surface area is 159 Å². The number of halogens is 1. The van der Waals surface area contributed by atoms with Crippen LogP contribution in [0.15, 0.2) is 55.0 Å². The van der Waals surface area contributed by atoms with Crippen LogP contribution >= 0.6 is 0 Å². The molecular weight excluding hydrogens is 341 g/mol. The minimum Gasteiger partial charge on any atom is -0.302 e. The molecule has 0 bridgehead atoms. The van der Waals surface area contributed by atoms with Crippen molar-refractivity contribution in [1.29, 1.82) is 0 Å². The summed E-state index contributed by atoms with van der Waals surface area (Å²) in [4.78, 5) is 8.90. The first-order valence-corrected chi connectivity index (χ1v) is 9.34. The van der Waals surface area contributed by atoms with E-state index in [-0.39, 0.29) is 12.0 Å². The van der Waals surface area contributed by atoms with Crippen LogP contribution in [-0.2, 0) is 0 Å². The number of aromatic nitrogens is 3. The number of hydrogen-bond donors (Lipinski definition) is 0. The molecule has 0 N–H and O–H groups in total. The van der Waals surface area contributed by atoms with Gasteiger partial charge < -0.3 is 4.90 Å². The molecule has 27 heavy (non-hydrogen) atoms. The van der Waals surface area contributed by atoms with Gasteiger partial charge in [-0.3, -0.25) is 9.88 Å². The van der Waals surface area contributed by atoms with Crippen molar-refractivity contribution in [2.24, 2.45) is 0 Å². The van der Waals surface area contributed by atoms with Crippen LogP contribution in [-0.4, -0.2) is 57.8 Å². The van der Waals surface area contributed by atoms with Crippen LogP contribution in [0.3, 0.4) is 0 Å². The normalized spacial score (nSPS) is 18.7. The summed E-state index contributed by atoms with van der Waals surface area (Å²) in [5.41, 5.74) is 4.07. The lowest BCUT2D eigenvalue weighted by molar-refractivity contribution is 0.0457. The number of piperazine rings is 1. The van der Waals surface area contributed by atoms with E-state index in [4.69, 9.17) is 5.10 Å². The van der Waals surface area contributed by atoms with E-state index in [0.29, 0.717) is 0 Å². The van der Waals surface area contributed by atoms with Gasteiger partial charge in [-0.05, 0) is 55.6 Å². The summed E-state index contributed by atoms with van der Waals surface area (Å²) in [7, 11) is 2.14. The monoisotopic (exact) mass is 365 g/mol. The largest absolute Gasteiger partial charge is 0.302 e. The highest BCUT2D eigenvalue weighted by atomic mass is 19.1. The van der Waals surface area contributed by atoms with Gasteiger partial charge in [-0.25, -0.2) is 9.07 Å². The Hall–Kier alpha value is -2.57. The first-order chi connectivity index (χ1) is 13.2. The number of hydrogen-bond acceptors (Lipinski definition) is 4. The van der Waals surface area contributed by atoms with Gasteiger partial charge >= 0.3 is 0 Å². The Morgan fingerprint density at radius 1 is 1.04 bits per heavy atom. The third kappa shape index (κ3) is 3.50. The van der Waals surface area contributed by atoms with Gasteiger partial charge in [0.2, 0.25) is 0 Å². The van der Waals surface area contributed by atoms with Crippen LogP contribution in [0.5, 0.6) is 0 Å². The lowest BCUT2D eigenvalue weighted by atomic mass is 10.0. The first-order valence-electron chi connectivity index (χ1n) is 9.34. The predicted molar refractivity (Wildman–Crippen MR) is 105 cm³/mol. The lowest BCUT2D eigenvalue weighted by Gasteiger charge is -2.40. The Morgan fingerprint density at radius 2 is 1.78 bits per heavy atom. The first kappa shape index (κ1) is 17.8. The molecular formula is C21H24FN5. The maximum absolute atomic E-state index is 13.5. The van der Waals surface area contributed by atoms with E-state index in [0.717, 1.165) is 48.6 Å². The molecule has 0 radical (unpaired) electrons. The van der Waals surface area contributed by atoms with Gasteiger partial charge in [-0.1, -0.05) is 6.92 Å². The standard InChI is InChI=1S/C21H24FN5/c1-3-26-13-12-25(2)15-20(26)27-21(17-4-6-18(22)7-5-17)19(14-24-27)16-8-10-23-11-9-16/h4-11,14,20H,3,12-13,15H2,1-2H3. The highest BCUT2D eigenvalue weighted by Crippen LogP contribution is 2.35. The lowest BCUT2D eigenvalue weighted by Crippen LogP contribution is -2.49. The van der Waals surface area contributed by atoms with Crippen molar-refractivity contribution < 1.29 is 4.39 Å². The van der Waals surface area contributed by atoms with Crippen molar-refractivity contribution in [2.75, 3.05) is 33.2 Å². The molecule has 0 amide bonds. The summed E-state index contributed by atoms with van der Waals surface area (Å²) in [6.45, 7) is 6.11. The SMILES string of the molecule is CCN1CCN(C)CC1n1ncc(-c2ccncc2)c1-c1ccc(F)cc1. The molecule has 1 unspecified atom stereocenters. The van der Waals surface area contributed by atoms with Crippen molar-refractivity contribution in [3.8, 4) is 22.4 Å². The van der Waals surface area contributed by atoms with Gasteiger partial charge in [0.05, 0.1) is 11.9 Å². The van der Waals surface area contributed by atoms with Crippen LogP contribution in [0.2, 0.25) is 0 Å². The van der Waals surface area contributed by atoms with Crippen LogP contribution < -0.4 is 0 Å². The molecule has 1 fully saturated rings. The predicted octanol–water partition coefficient (Wildman–Crippen LogP) is 3.52. The Balaban J connectivity index is 1.86. The van der Waals surface area contributed by atoms with E-state index in [2.05, 4.69) is 33.4 Å². The van der Waals surface area contributed by atoms with Crippen LogP contribution in [0.25, 0.3) is 22.4 Å². The van der Waals surface area contributed by atoms with Crippen LogP contribution in [0.4, 0.5) is 4.39 Å². The van der Waals surface area contributed by atoms with Crippen molar-refractivity contribution in [3.63, 3.8) is 0 Å². The number of benzene rings is 1. The minimum atomic E-state index is -0.233. The number of rotatable bonds is 4. The third-order valence-corrected chi connectivity index (χ3v) is 5.26. The van der Waals surface area contributed by atoms with E-state index < -0.39 is 0 Å². The zero-order chi connectivity index (χ0) is 18.8. The van der Waals surface area contributed by atoms with Crippen molar-refractivity contribution in [1.82, 2.24) is 24.6 Å². The van der Waals surface area contributed by atoms with E-state index in [9.17, 15) is 4.39 Å². The molecule has 1 saturated heterocycles. The average Bonchev–Trinajstić information content (AvgIpc) is 3.14. The highest BCUT2D eigenvalue weighted by molar-refractivity contribution is 5.80. The molecule has 6 heteroatoms. The third-order valence-electron chi connectivity index (χ3n) is 5.26. The molecule has 140 valence electrons. The summed E-state index contributed by atoms with van der Waals surface area (Å²) in [6.07, 6.45) is 5.63. The summed E-state index contributed by atoms with van der Waals surface area (Å²) in [6, 6.07) is 10.6. The smallest absolute Gasteiger partial charge is 0.123 e. The quantitative estimate of drug-likeness (QED) is 0.709. The molecule has 0 saturated carbocycles. The van der Waals surface area contributed by atoms with E-state index >= 15 is 0 Å². The van der Waals surface area contributed by atoms with Gasteiger partial charge in [0, 0.05) is 43.2 Å². The van der Waals surface area contributed by atoms with Gasteiger partial charge in [0.25, 0.3) is 0 Å².